The molecule has 1 fully saturated rings. The van der Waals surface area contributed by atoms with Gasteiger partial charge in [0.1, 0.15) is 11.4 Å². The molecule has 0 radical (unpaired) electrons. The maximum Gasteiger partial charge on any atom is 0.159 e. The van der Waals surface area contributed by atoms with Crippen molar-refractivity contribution in [2.45, 2.75) is 32.1 Å². The third kappa shape index (κ3) is 2.24. The highest BCUT2D eigenvalue weighted by molar-refractivity contribution is 7.99. The van der Waals surface area contributed by atoms with Crippen molar-refractivity contribution < 1.29 is 13.2 Å². The number of allylic oxidation sites excluding steroid dienone is 1. The largest absolute Gasteiger partial charge is 0.497 e. The molecule has 2 atom stereocenters. The summed E-state index contributed by atoms with van der Waals surface area (Å²) in [6.07, 6.45) is 1.41. The maximum atomic E-state index is 10.9. The van der Waals surface area contributed by atoms with Crippen LogP contribution in [0.5, 0.6) is 0 Å². The van der Waals surface area contributed by atoms with Gasteiger partial charge in [-0.25, -0.2) is 8.42 Å². The predicted octanol–water partition coefficient (Wildman–Crippen LogP) is 1.11. The summed E-state index contributed by atoms with van der Waals surface area (Å²) in [6.45, 7) is 5.61. The van der Waals surface area contributed by atoms with E-state index in [9.17, 15) is 8.42 Å². The van der Waals surface area contributed by atoms with Gasteiger partial charge in [-0.05, 0) is 26.3 Å². The van der Waals surface area contributed by atoms with E-state index in [0.717, 1.165) is 5.57 Å². The number of sulfone groups is 1. The molecule has 0 spiro atoms. The second-order valence-corrected chi connectivity index (χ2v) is 5.67. The van der Waals surface area contributed by atoms with Gasteiger partial charge in [0.2, 0.25) is 0 Å². The lowest BCUT2D eigenvalue weighted by atomic mass is 10.3. The molecular formula is C8H14O3S. The highest BCUT2D eigenvalue weighted by Crippen LogP contribution is 2.26. The Bertz CT molecular complexity index is 285. The van der Waals surface area contributed by atoms with E-state index in [-0.39, 0.29) is 17.1 Å². The molecule has 4 heteroatoms. The molecule has 70 valence electrons. The Labute approximate surface area is 73.3 Å². The molecule has 1 aliphatic rings. The lowest BCUT2D eigenvalue weighted by Crippen LogP contribution is -2.13. The third-order valence-corrected chi connectivity index (χ3v) is 3.65. The Morgan fingerprint density at radius 1 is 1.58 bits per heavy atom. The van der Waals surface area contributed by atoms with Gasteiger partial charge in [-0.15, -0.1) is 0 Å². The number of hydrogen-bond acceptors (Lipinski definition) is 3. The molecule has 1 aliphatic heterocycles. The van der Waals surface area contributed by atoms with Gasteiger partial charge in [0, 0.05) is 0 Å². The SMILES string of the molecule is CC(C)=COC(C)C1CS1(=O)=O. The van der Waals surface area contributed by atoms with E-state index >= 15 is 0 Å². The first-order valence-corrected chi connectivity index (χ1v) is 5.65. The van der Waals surface area contributed by atoms with E-state index < -0.39 is 9.84 Å². The summed E-state index contributed by atoms with van der Waals surface area (Å²) in [6, 6.07) is 0. The summed E-state index contributed by atoms with van der Waals surface area (Å²) in [5.74, 6) is 0.283. The van der Waals surface area contributed by atoms with Crippen molar-refractivity contribution in [1.82, 2.24) is 0 Å². The van der Waals surface area contributed by atoms with Crippen LogP contribution in [0.25, 0.3) is 0 Å². The van der Waals surface area contributed by atoms with Crippen molar-refractivity contribution in [2.24, 2.45) is 0 Å². The van der Waals surface area contributed by atoms with Crippen LogP contribution in [0.15, 0.2) is 11.8 Å². The summed E-state index contributed by atoms with van der Waals surface area (Å²) in [5.41, 5.74) is 1.04. The highest BCUT2D eigenvalue weighted by Gasteiger charge is 2.48. The van der Waals surface area contributed by atoms with Crippen molar-refractivity contribution in [3.05, 3.63) is 11.8 Å². The molecule has 0 aromatic heterocycles. The van der Waals surface area contributed by atoms with Crippen LogP contribution >= 0.6 is 0 Å². The van der Waals surface area contributed by atoms with E-state index in [0.29, 0.717) is 0 Å². The highest BCUT2D eigenvalue weighted by atomic mass is 32.2. The minimum Gasteiger partial charge on any atom is -0.497 e. The van der Waals surface area contributed by atoms with Crippen LogP contribution < -0.4 is 0 Å². The van der Waals surface area contributed by atoms with Gasteiger partial charge in [-0.2, -0.15) is 0 Å². The molecule has 0 aromatic rings. The zero-order chi connectivity index (χ0) is 9.35. The average molecular weight is 190 g/mol. The Morgan fingerprint density at radius 3 is 2.42 bits per heavy atom. The van der Waals surface area contributed by atoms with Crippen LogP contribution in [0, 0.1) is 0 Å². The second kappa shape index (κ2) is 3.09. The fourth-order valence-electron chi connectivity index (χ4n) is 0.948. The Kier molecular flexibility index (Phi) is 2.46. The number of rotatable bonds is 3. The fourth-order valence-corrected chi connectivity index (χ4v) is 2.58. The third-order valence-electron chi connectivity index (χ3n) is 1.78. The summed E-state index contributed by atoms with van der Waals surface area (Å²) < 4.78 is 26.9. The maximum absolute atomic E-state index is 10.9. The lowest BCUT2D eigenvalue weighted by Gasteiger charge is -2.07. The first-order valence-electron chi connectivity index (χ1n) is 3.94. The summed E-state index contributed by atoms with van der Waals surface area (Å²) >= 11 is 0. The molecule has 0 N–H and O–H groups in total. The van der Waals surface area contributed by atoms with Gasteiger partial charge in [-0.1, -0.05) is 0 Å². The smallest absolute Gasteiger partial charge is 0.159 e. The van der Waals surface area contributed by atoms with Crippen LogP contribution in [-0.2, 0) is 14.6 Å². The topological polar surface area (TPSA) is 43.4 Å². The average Bonchev–Trinajstić information content (AvgIpc) is 2.55. The van der Waals surface area contributed by atoms with Crippen molar-refractivity contribution in [2.75, 3.05) is 5.75 Å². The zero-order valence-corrected chi connectivity index (χ0v) is 8.39. The number of hydrogen-bond donors (Lipinski definition) is 0. The van der Waals surface area contributed by atoms with Gasteiger partial charge in [0.15, 0.2) is 9.84 Å². The normalized spacial score (nSPS) is 27.4. The fraction of sp³-hybridized carbons (Fsp3) is 0.750. The first kappa shape index (κ1) is 9.58. The molecule has 1 heterocycles. The molecule has 1 rings (SSSR count). The van der Waals surface area contributed by atoms with E-state index in [4.69, 9.17) is 4.74 Å². The van der Waals surface area contributed by atoms with Crippen molar-refractivity contribution in [3.8, 4) is 0 Å². The van der Waals surface area contributed by atoms with Gasteiger partial charge < -0.3 is 4.74 Å². The van der Waals surface area contributed by atoms with Gasteiger partial charge in [0.25, 0.3) is 0 Å². The standard InChI is InChI=1S/C8H14O3S/c1-6(2)4-11-7(3)8-5-12(8,9)10/h4,7-8H,5H2,1-3H3. The van der Waals surface area contributed by atoms with Gasteiger partial charge in [0.05, 0.1) is 12.0 Å². The van der Waals surface area contributed by atoms with Crippen LogP contribution in [0.2, 0.25) is 0 Å². The van der Waals surface area contributed by atoms with E-state index in [1.165, 1.54) is 0 Å². The molecule has 0 saturated carbocycles. The van der Waals surface area contributed by atoms with E-state index in [1.54, 1.807) is 13.2 Å². The van der Waals surface area contributed by atoms with Crippen LogP contribution in [0.4, 0.5) is 0 Å². The van der Waals surface area contributed by atoms with Crippen molar-refractivity contribution in [1.29, 1.82) is 0 Å². The zero-order valence-electron chi connectivity index (χ0n) is 7.57. The summed E-state index contributed by atoms with van der Waals surface area (Å²) in [5, 5.41) is -0.270. The Morgan fingerprint density at radius 2 is 2.08 bits per heavy atom. The van der Waals surface area contributed by atoms with Crippen LogP contribution in [0.3, 0.4) is 0 Å². The van der Waals surface area contributed by atoms with Gasteiger partial charge in [-0.3, -0.25) is 0 Å². The molecule has 0 aromatic carbocycles. The van der Waals surface area contributed by atoms with Crippen molar-refractivity contribution >= 4 is 9.84 Å². The van der Waals surface area contributed by atoms with Crippen LogP contribution in [-0.4, -0.2) is 25.5 Å². The summed E-state index contributed by atoms with van der Waals surface area (Å²) in [4.78, 5) is 0. The second-order valence-electron chi connectivity index (χ2n) is 3.40. The summed E-state index contributed by atoms with van der Waals surface area (Å²) in [7, 11) is -2.76. The molecule has 2 unspecified atom stereocenters. The molecule has 0 bridgehead atoms. The molecule has 3 nitrogen and oxygen atoms in total. The first-order chi connectivity index (χ1) is 5.43. The molecule has 0 aliphatic carbocycles. The molecule has 1 saturated heterocycles. The minimum atomic E-state index is -2.76. The number of ether oxygens (including phenoxy) is 1. The van der Waals surface area contributed by atoms with E-state index in [2.05, 4.69) is 0 Å². The Balaban J connectivity index is 2.42. The quantitative estimate of drug-likeness (QED) is 0.494. The lowest BCUT2D eigenvalue weighted by molar-refractivity contribution is 0.167. The Hall–Kier alpha value is -0.510. The molecule has 0 amide bonds. The van der Waals surface area contributed by atoms with Crippen LogP contribution in [0.1, 0.15) is 20.8 Å². The predicted molar refractivity (Wildman–Crippen MR) is 47.6 cm³/mol. The molecule has 12 heavy (non-hydrogen) atoms. The van der Waals surface area contributed by atoms with E-state index in [1.807, 2.05) is 13.8 Å². The monoisotopic (exact) mass is 190 g/mol. The molecular weight excluding hydrogens is 176 g/mol. The van der Waals surface area contributed by atoms with Gasteiger partial charge >= 0.3 is 0 Å². The minimum absolute atomic E-state index is 0.204. The van der Waals surface area contributed by atoms with Crippen molar-refractivity contribution in [3.63, 3.8) is 0 Å².